The van der Waals surface area contributed by atoms with Crippen molar-refractivity contribution >= 4 is 22.9 Å². The molecule has 0 radical (unpaired) electrons. The van der Waals surface area contributed by atoms with Gasteiger partial charge in [0, 0.05) is 11.2 Å². The first-order valence-corrected chi connectivity index (χ1v) is 6.08. The third-order valence-electron chi connectivity index (χ3n) is 2.60. The Morgan fingerprint density at radius 2 is 2.16 bits per heavy atom. The Labute approximate surface area is 114 Å². The zero-order valence-electron chi connectivity index (χ0n) is 9.95. The van der Waals surface area contributed by atoms with E-state index in [9.17, 15) is 0 Å². The third-order valence-corrected chi connectivity index (χ3v) is 2.84. The summed E-state index contributed by atoms with van der Waals surface area (Å²) in [6.45, 7) is 0.265. The first-order valence-electron chi connectivity index (χ1n) is 5.70. The van der Waals surface area contributed by atoms with Gasteiger partial charge < -0.3 is 10.5 Å². The third kappa shape index (κ3) is 2.46. The maximum absolute atomic E-state index is 5.88. The summed E-state index contributed by atoms with van der Waals surface area (Å²) in [5.41, 5.74) is 7.03. The van der Waals surface area contributed by atoms with Gasteiger partial charge in [-0.05, 0) is 30.3 Å². The lowest BCUT2D eigenvalue weighted by molar-refractivity contribution is 0.296. The van der Waals surface area contributed by atoms with Crippen molar-refractivity contribution in [1.29, 1.82) is 0 Å². The number of nitrogens with two attached hydrogens (primary N) is 1. The lowest BCUT2D eigenvalue weighted by Crippen LogP contribution is -1.98. The van der Waals surface area contributed by atoms with Crippen molar-refractivity contribution in [3.63, 3.8) is 0 Å². The minimum absolute atomic E-state index is 0.265. The predicted octanol–water partition coefficient (Wildman–Crippen LogP) is 2.54. The SMILES string of the molecule is Nc1cccn2nc(COc3cccc(Cl)c3)nc12. The molecule has 5 nitrogen and oxygen atoms in total. The topological polar surface area (TPSA) is 65.4 Å². The summed E-state index contributed by atoms with van der Waals surface area (Å²) in [6, 6.07) is 10.8. The van der Waals surface area contributed by atoms with Gasteiger partial charge in [0.15, 0.2) is 11.5 Å². The molecule has 96 valence electrons. The minimum Gasteiger partial charge on any atom is -0.485 e. The van der Waals surface area contributed by atoms with Crippen LogP contribution in [0.5, 0.6) is 5.75 Å². The fourth-order valence-electron chi connectivity index (χ4n) is 1.74. The fraction of sp³-hybridized carbons (Fsp3) is 0.0769. The van der Waals surface area contributed by atoms with E-state index in [-0.39, 0.29) is 6.61 Å². The maximum Gasteiger partial charge on any atom is 0.189 e. The average molecular weight is 275 g/mol. The van der Waals surface area contributed by atoms with E-state index in [1.807, 2.05) is 18.2 Å². The molecule has 0 saturated heterocycles. The number of halogens is 1. The number of fused-ring (bicyclic) bond motifs is 1. The lowest BCUT2D eigenvalue weighted by atomic mass is 10.3. The summed E-state index contributed by atoms with van der Waals surface area (Å²) in [5.74, 6) is 1.25. The van der Waals surface area contributed by atoms with Crippen molar-refractivity contribution in [2.45, 2.75) is 6.61 Å². The number of nitrogen functional groups attached to an aromatic ring is 1. The lowest BCUT2D eigenvalue weighted by Gasteiger charge is -2.02. The molecule has 19 heavy (non-hydrogen) atoms. The molecule has 0 spiro atoms. The highest BCUT2D eigenvalue weighted by Gasteiger charge is 2.06. The molecule has 6 heteroatoms. The summed E-state index contributed by atoms with van der Waals surface area (Å²) >= 11 is 5.88. The zero-order chi connectivity index (χ0) is 13.2. The molecule has 3 rings (SSSR count). The van der Waals surface area contributed by atoms with Crippen LogP contribution in [0, 0.1) is 0 Å². The van der Waals surface area contributed by atoms with Gasteiger partial charge in [0.05, 0.1) is 5.69 Å². The maximum atomic E-state index is 5.88. The van der Waals surface area contributed by atoms with E-state index in [2.05, 4.69) is 10.1 Å². The smallest absolute Gasteiger partial charge is 0.189 e. The molecule has 0 aliphatic heterocycles. The predicted molar refractivity (Wildman–Crippen MR) is 73.2 cm³/mol. The van der Waals surface area contributed by atoms with Crippen LogP contribution in [0.25, 0.3) is 5.65 Å². The minimum atomic E-state index is 0.265. The molecule has 0 atom stereocenters. The van der Waals surface area contributed by atoms with Crippen LogP contribution in [0.15, 0.2) is 42.6 Å². The Morgan fingerprint density at radius 1 is 1.26 bits per heavy atom. The van der Waals surface area contributed by atoms with Gasteiger partial charge in [0.2, 0.25) is 0 Å². The second-order valence-electron chi connectivity index (χ2n) is 4.01. The molecule has 0 aliphatic carbocycles. The molecule has 2 heterocycles. The molecule has 3 aromatic rings. The van der Waals surface area contributed by atoms with Gasteiger partial charge in [-0.2, -0.15) is 0 Å². The molecule has 0 unspecified atom stereocenters. The number of rotatable bonds is 3. The first kappa shape index (κ1) is 11.8. The largest absolute Gasteiger partial charge is 0.485 e. The zero-order valence-corrected chi connectivity index (χ0v) is 10.7. The number of hydrogen-bond acceptors (Lipinski definition) is 4. The van der Waals surface area contributed by atoms with Crippen molar-refractivity contribution < 1.29 is 4.74 Å². The summed E-state index contributed by atoms with van der Waals surface area (Å²) in [4.78, 5) is 4.32. The van der Waals surface area contributed by atoms with Gasteiger partial charge in [0.25, 0.3) is 0 Å². The van der Waals surface area contributed by atoms with Crippen LogP contribution in [0.1, 0.15) is 5.82 Å². The molecule has 1 aromatic carbocycles. The van der Waals surface area contributed by atoms with Crippen LogP contribution < -0.4 is 10.5 Å². The highest BCUT2D eigenvalue weighted by atomic mass is 35.5. The highest BCUT2D eigenvalue weighted by Crippen LogP contribution is 2.18. The number of benzene rings is 1. The summed E-state index contributed by atoms with van der Waals surface area (Å²) in [6.07, 6.45) is 1.79. The highest BCUT2D eigenvalue weighted by molar-refractivity contribution is 6.30. The second kappa shape index (κ2) is 4.78. The average Bonchev–Trinajstić information content (AvgIpc) is 2.81. The second-order valence-corrected chi connectivity index (χ2v) is 4.44. The van der Waals surface area contributed by atoms with E-state index < -0.39 is 0 Å². The summed E-state index contributed by atoms with van der Waals surface area (Å²) < 4.78 is 7.21. The fourth-order valence-corrected chi connectivity index (χ4v) is 1.92. The molecular formula is C13H11ClN4O. The molecule has 0 fully saturated rings. The summed E-state index contributed by atoms with van der Waals surface area (Å²) in [7, 11) is 0. The van der Waals surface area contributed by atoms with Gasteiger partial charge in [-0.15, -0.1) is 5.10 Å². The van der Waals surface area contributed by atoms with Gasteiger partial charge in [0.1, 0.15) is 12.4 Å². The van der Waals surface area contributed by atoms with E-state index in [0.29, 0.717) is 27.9 Å². The van der Waals surface area contributed by atoms with Crippen LogP contribution in [0.4, 0.5) is 5.69 Å². The Morgan fingerprint density at radius 3 is 2.95 bits per heavy atom. The van der Waals surface area contributed by atoms with Crippen LogP contribution in [0.3, 0.4) is 0 Å². The van der Waals surface area contributed by atoms with E-state index in [4.69, 9.17) is 22.1 Å². The van der Waals surface area contributed by atoms with Gasteiger partial charge in [-0.1, -0.05) is 17.7 Å². The molecule has 2 N–H and O–H groups in total. The van der Waals surface area contributed by atoms with Crippen molar-refractivity contribution in [3.05, 3.63) is 53.4 Å². The van der Waals surface area contributed by atoms with Crippen molar-refractivity contribution in [3.8, 4) is 5.75 Å². The Bertz CT molecular complexity index is 725. The number of anilines is 1. The van der Waals surface area contributed by atoms with Crippen LogP contribution in [-0.4, -0.2) is 14.6 Å². The van der Waals surface area contributed by atoms with Gasteiger partial charge in [-0.25, -0.2) is 9.50 Å². The number of nitrogens with zero attached hydrogens (tertiary/aromatic N) is 3. The van der Waals surface area contributed by atoms with Crippen molar-refractivity contribution in [2.24, 2.45) is 0 Å². The van der Waals surface area contributed by atoms with Crippen LogP contribution in [-0.2, 0) is 6.61 Å². The molecular weight excluding hydrogens is 264 g/mol. The van der Waals surface area contributed by atoms with Crippen molar-refractivity contribution in [1.82, 2.24) is 14.6 Å². The van der Waals surface area contributed by atoms with E-state index in [0.717, 1.165) is 0 Å². The molecule has 0 amide bonds. The molecule has 0 bridgehead atoms. The standard InChI is InChI=1S/C13H11ClN4O/c14-9-3-1-4-10(7-9)19-8-12-16-13-11(15)5-2-6-18(13)17-12/h1-7H,8,15H2. The van der Waals surface area contributed by atoms with Gasteiger partial charge >= 0.3 is 0 Å². The molecule has 2 aromatic heterocycles. The van der Waals surface area contributed by atoms with E-state index in [1.165, 1.54) is 0 Å². The number of hydrogen-bond donors (Lipinski definition) is 1. The Hall–Kier alpha value is -2.27. The monoisotopic (exact) mass is 274 g/mol. The van der Waals surface area contributed by atoms with Crippen LogP contribution in [0.2, 0.25) is 5.02 Å². The molecule has 0 saturated carbocycles. The van der Waals surface area contributed by atoms with Crippen molar-refractivity contribution in [2.75, 3.05) is 5.73 Å². The first-order chi connectivity index (χ1) is 9.22. The Kier molecular flexibility index (Phi) is 2.97. The van der Waals surface area contributed by atoms with Crippen LogP contribution >= 0.6 is 11.6 Å². The quantitative estimate of drug-likeness (QED) is 0.797. The summed E-state index contributed by atoms with van der Waals surface area (Å²) in [5, 5.41) is 4.91. The van der Waals surface area contributed by atoms with Gasteiger partial charge in [-0.3, -0.25) is 0 Å². The number of aromatic nitrogens is 3. The molecule has 0 aliphatic rings. The number of ether oxygens (including phenoxy) is 1. The van der Waals surface area contributed by atoms with E-state index in [1.54, 1.807) is 28.9 Å². The normalized spacial score (nSPS) is 10.8. The Balaban J connectivity index is 1.80. The number of pyridine rings is 1. The van der Waals surface area contributed by atoms with E-state index >= 15 is 0 Å².